The van der Waals surface area contributed by atoms with E-state index in [9.17, 15) is 9.59 Å². The maximum Gasteiger partial charge on any atom is 0.319 e. The number of rotatable bonds is 3. The summed E-state index contributed by atoms with van der Waals surface area (Å²) >= 11 is 0. The Balaban J connectivity index is 1.69. The van der Waals surface area contributed by atoms with Gasteiger partial charge in [-0.25, -0.2) is 4.79 Å². The molecule has 1 aromatic rings. The Kier molecular flexibility index (Phi) is 3.40. The van der Waals surface area contributed by atoms with Crippen LogP contribution in [0.4, 0.5) is 4.79 Å². The lowest BCUT2D eigenvalue weighted by Crippen LogP contribution is -2.50. The minimum absolute atomic E-state index is 0.178. The van der Waals surface area contributed by atoms with Gasteiger partial charge < -0.3 is 16.0 Å². The Morgan fingerprint density at radius 3 is 3.00 bits per heavy atom. The number of urea groups is 1. The molecule has 1 aliphatic heterocycles. The largest absolute Gasteiger partial charge is 0.346 e. The third kappa shape index (κ3) is 2.51. The molecule has 3 rings (SSSR count). The zero-order valence-electron chi connectivity index (χ0n) is 12.2. The van der Waals surface area contributed by atoms with Crippen LogP contribution in [0.25, 0.3) is 0 Å². The Hall–Kier alpha value is -2.31. The average molecular weight is 289 g/mol. The number of hydrogen-bond acceptors (Lipinski definition) is 3. The second kappa shape index (κ2) is 5.23. The van der Waals surface area contributed by atoms with Gasteiger partial charge in [0.05, 0.1) is 23.9 Å². The molecule has 2 heterocycles. The number of H-pyrrole nitrogens is 1. The van der Waals surface area contributed by atoms with Gasteiger partial charge in [-0.1, -0.05) is 0 Å². The SMILES string of the molecule is CC1=C(C(=O)NCc2n[nH]c3c2CCC3)[C@@H](C)NC(=O)N1. The molecule has 0 bridgehead atoms. The van der Waals surface area contributed by atoms with Gasteiger partial charge in [-0.3, -0.25) is 9.89 Å². The number of nitrogens with one attached hydrogen (secondary N) is 4. The lowest BCUT2D eigenvalue weighted by atomic mass is 10.0. The van der Waals surface area contributed by atoms with E-state index in [2.05, 4.69) is 26.1 Å². The first-order chi connectivity index (χ1) is 10.1. The topological polar surface area (TPSA) is 98.9 Å². The Bertz CT molecular complexity index is 631. The third-order valence-corrected chi connectivity index (χ3v) is 4.04. The number of amides is 3. The van der Waals surface area contributed by atoms with Crippen LogP contribution in [0.5, 0.6) is 0 Å². The normalized spacial score (nSPS) is 20.9. The highest BCUT2D eigenvalue weighted by Crippen LogP contribution is 2.22. The van der Waals surface area contributed by atoms with Crippen LogP contribution in [-0.2, 0) is 24.2 Å². The molecular formula is C14H19N5O2. The smallest absolute Gasteiger partial charge is 0.319 e. The molecule has 0 saturated carbocycles. The van der Waals surface area contributed by atoms with Gasteiger partial charge in [-0.05, 0) is 38.7 Å². The first kappa shape index (κ1) is 13.7. The van der Waals surface area contributed by atoms with Crippen molar-refractivity contribution in [2.24, 2.45) is 0 Å². The van der Waals surface area contributed by atoms with E-state index in [1.54, 1.807) is 13.8 Å². The summed E-state index contributed by atoms with van der Waals surface area (Å²) in [6.45, 7) is 3.93. The maximum atomic E-state index is 12.3. The van der Waals surface area contributed by atoms with Gasteiger partial charge in [-0.15, -0.1) is 0 Å². The quantitative estimate of drug-likeness (QED) is 0.651. The van der Waals surface area contributed by atoms with Crippen molar-refractivity contribution in [1.82, 2.24) is 26.1 Å². The molecule has 7 heteroatoms. The van der Waals surface area contributed by atoms with Crippen molar-refractivity contribution in [2.45, 2.75) is 45.7 Å². The van der Waals surface area contributed by atoms with Crippen LogP contribution in [0.2, 0.25) is 0 Å². The second-order valence-corrected chi connectivity index (χ2v) is 5.52. The Morgan fingerprint density at radius 1 is 1.43 bits per heavy atom. The van der Waals surface area contributed by atoms with E-state index in [1.807, 2.05) is 0 Å². The number of aryl methyl sites for hydroxylation is 1. The predicted molar refractivity (Wildman–Crippen MR) is 76.3 cm³/mol. The number of hydrogen-bond donors (Lipinski definition) is 4. The summed E-state index contributed by atoms with van der Waals surface area (Å²) in [6.07, 6.45) is 3.20. The van der Waals surface area contributed by atoms with Crippen molar-refractivity contribution in [2.75, 3.05) is 0 Å². The van der Waals surface area contributed by atoms with Crippen LogP contribution < -0.4 is 16.0 Å². The van der Waals surface area contributed by atoms with E-state index >= 15 is 0 Å². The summed E-state index contributed by atoms with van der Waals surface area (Å²) in [7, 11) is 0. The number of carbonyl (C=O) groups excluding carboxylic acids is 2. The molecule has 0 saturated heterocycles. The fourth-order valence-electron chi connectivity index (χ4n) is 3.03. The van der Waals surface area contributed by atoms with Crippen molar-refractivity contribution in [1.29, 1.82) is 0 Å². The molecule has 0 radical (unpaired) electrons. The van der Waals surface area contributed by atoms with Crippen LogP contribution in [0.15, 0.2) is 11.3 Å². The molecule has 0 fully saturated rings. The molecular weight excluding hydrogens is 270 g/mol. The van der Waals surface area contributed by atoms with Gasteiger partial charge in [0.1, 0.15) is 0 Å². The number of fused-ring (bicyclic) bond motifs is 1. The highest BCUT2D eigenvalue weighted by molar-refractivity contribution is 5.98. The first-order valence-corrected chi connectivity index (χ1v) is 7.17. The number of aromatic amines is 1. The minimum atomic E-state index is -0.302. The number of nitrogens with zero attached hydrogens (tertiary/aromatic N) is 1. The molecule has 21 heavy (non-hydrogen) atoms. The summed E-state index contributed by atoms with van der Waals surface area (Å²) < 4.78 is 0. The van der Waals surface area contributed by atoms with Crippen LogP contribution in [0.1, 0.15) is 37.2 Å². The molecule has 112 valence electrons. The molecule has 0 spiro atoms. The van der Waals surface area contributed by atoms with Crippen molar-refractivity contribution < 1.29 is 9.59 Å². The molecule has 7 nitrogen and oxygen atoms in total. The van der Waals surface area contributed by atoms with Gasteiger partial charge in [-0.2, -0.15) is 5.10 Å². The second-order valence-electron chi connectivity index (χ2n) is 5.52. The summed E-state index contributed by atoms with van der Waals surface area (Å²) in [5.41, 5.74) is 4.49. The van der Waals surface area contributed by atoms with E-state index in [0.29, 0.717) is 17.8 Å². The lowest BCUT2D eigenvalue weighted by Gasteiger charge is -2.25. The minimum Gasteiger partial charge on any atom is -0.346 e. The van der Waals surface area contributed by atoms with Crippen LogP contribution in [0, 0.1) is 0 Å². The van der Waals surface area contributed by atoms with Gasteiger partial charge in [0, 0.05) is 11.4 Å². The molecule has 4 N–H and O–H groups in total. The zero-order valence-corrected chi connectivity index (χ0v) is 12.2. The fourth-order valence-corrected chi connectivity index (χ4v) is 3.03. The lowest BCUT2D eigenvalue weighted by molar-refractivity contribution is -0.118. The highest BCUT2D eigenvalue weighted by atomic mass is 16.2. The monoisotopic (exact) mass is 289 g/mol. The van der Waals surface area contributed by atoms with Crippen molar-refractivity contribution in [3.8, 4) is 0 Å². The molecule has 0 aromatic carbocycles. The van der Waals surface area contributed by atoms with E-state index < -0.39 is 0 Å². The maximum absolute atomic E-state index is 12.3. The highest BCUT2D eigenvalue weighted by Gasteiger charge is 2.27. The van der Waals surface area contributed by atoms with E-state index in [4.69, 9.17) is 0 Å². The standard InChI is InChI=1S/C14H19N5O2/c1-7-12(8(2)17-14(21)16-7)13(20)15-6-11-9-4-3-5-10(9)18-19-11/h7H,3-6H2,1-2H3,(H,15,20)(H,18,19)(H2,16,17,21)/t7-/m1/s1. The van der Waals surface area contributed by atoms with Gasteiger partial charge in [0.25, 0.3) is 5.91 Å². The molecule has 1 atom stereocenters. The fraction of sp³-hybridized carbons (Fsp3) is 0.500. The molecule has 0 unspecified atom stereocenters. The van der Waals surface area contributed by atoms with Crippen LogP contribution >= 0.6 is 0 Å². The summed E-state index contributed by atoms with van der Waals surface area (Å²) in [6, 6.07) is -0.578. The van der Waals surface area contributed by atoms with E-state index in [-0.39, 0.29) is 18.0 Å². The average Bonchev–Trinajstić information content (AvgIpc) is 2.98. The van der Waals surface area contributed by atoms with E-state index in [1.165, 1.54) is 11.3 Å². The summed E-state index contributed by atoms with van der Waals surface area (Å²) in [4.78, 5) is 23.6. The van der Waals surface area contributed by atoms with Gasteiger partial charge >= 0.3 is 6.03 Å². The molecule has 1 aromatic heterocycles. The number of carbonyl (C=O) groups is 2. The third-order valence-electron chi connectivity index (χ3n) is 4.04. The molecule has 2 aliphatic rings. The summed E-state index contributed by atoms with van der Waals surface area (Å²) in [5.74, 6) is -0.178. The van der Waals surface area contributed by atoms with Crippen molar-refractivity contribution >= 4 is 11.9 Å². The Labute approximate surface area is 122 Å². The van der Waals surface area contributed by atoms with Crippen LogP contribution in [-0.4, -0.2) is 28.2 Å². The summed E-state index contributed by atoms with van der Waals surface area (Å²) in [5, 5.41) is 15.5. The molecule has 3 amide bonds. The predicted octanol–water partition coefficient (Wildman–Crippen LogP) is 0.490. The Morgan fingerprint density at radius 2 is 2.24 bits per heavy atom. The number of allylic oxidation sites excluding steroid dienone is 1. The zero-order chi connectivity index (χ0) is 15.0. The molecule has 1 aliphatic carbocycles. The number of aromatic nitrogens is 2. The van der Waals surface area contributed by atoms with Gasteiger partial charge in [0.2, 0.25) is 0 Å². The van der Waals surface area contributed by atoms with E-state index in [0.717, 1.165) is 25.0 Å². The van der Waals surface area contributed by atoms with Gasteiger partial charge in [0.15, 0.2) is 0 Å². The van der Waals surface area contributed by atoms with Crippen molar-refractivity contribution in [3.05, 3.63) is 28.2 Å². The first-order valence-electron chi connectivity index (χ1n) is 7.17. The van der Waals surface area contributed by atoms with Crippen molar-refractivity contribution in [3.63, 3.8) is 0 Å². The van der Waals surface area contributed by atoms with Crippen LogP contribution in [0.3, 0.4) is 0 Å².